The Labute approximate surface area is 124 Å². The van der Waals surface area contributed by atoms with Crippen LogP contribution in [0.2, 0.25) is 0 Å². The largest absolute Gasteiger partial charge is 0.388 e. The summed E-state index contributed by atoms with van der Waals surface area (Å²) in [5.41, 5.74) is 5.17. The lowest BCUT2D eigenvalue weighted by Gasteiger charge is -2.15. The molecule has 0 saturated heterocycles. The average molecular weight is 281 g/mol. The molecule has 0 aromatic heterocycles. The molecule has 3 heteroatoms. The molecule has 0 aliphatic carbocycles. The van der Waals surface area contributed by atoms with Crippen molar-refractivity contribution in [1.29, 1.82) is 0 Å². The normalized spacial score (nSPS) is 15.2. The summed E-state index contributed by atoms with van der Waals surface area (Å²) in [6, 6.07) is 13.9. The van der Waals surface area contributed by atoms with Crippen molar-refractivity contribution in [1.82, 2.24) is 0 Å². The van der Waals surface area contributed by atoms with Crippen LogP contribution in [0.15, 0.2) is 42.5 Å². The topological polar surface area (TPSA) is 40.5 Å². The zero-order valence-electron chi connectivity index (χ0n) is 12.3. The molecule has 3 rings (SSSR count). The fourth-order valence-corrected chi connectivity index (χ4v) is 2.86. The summed E-state index contributed by atoms with van der Waals surface area (Å²) in [5.74, 6) is 0.107. The predicted molar refractivity (Wildman–Crippen MR) is 83.4 cm³/mol. The molecule has 108 valence electrons. The smallest absolute Gasteiger partial charge is 0.231 e. The van der Waals surface area contributed by atoms with Crippen molar-refractivity contribution in [3.05, 3.63) is 64.7 Å². The first kappa shape index (κ1) is 13.8. The molecule has 1 heterocycles. The van der Waals surface area contributed by atoms with Crippen molar-refractivity contribution in [3.63, 3.8) is 0 Å². The van der Waals surface area contributed by atoms with E-state index in [1.54, 1.807) is 11.9 Å². The standard InChI is InChI=1S/C18H19NO2/c1-12-5-3-4-6-13(12)10-17(20)14-7-8-16-15(9-14)11-18(21)19(16)2/h3-9,17,20H,10-11H2,1-2H3. The SMILES string of the molecule is Cc1ccccc1CC(O)c1ccc2c(c1)CC(=O)N2C. The molecule has 0 fully saturated rings. The van der Waals surface area contributed by atoms with Crippen LogP contribution >= 0.6 is 0 Å². The highest BCUT2D eigenvalue weighted by molar-refractivity contribution is 6.00. The van der Waals surface area contributed by atoms with E-state index < -0.39 is 6.10 Å². The number of likely N-dealkylation sites (N-methyl/N-ethyl adjacent to an activating group) is 1. The zero-order chi connectivity index (χ0) is 15.0. The lowest BCUT2D eigenvalue weighted by atomic mass is 9.96. The number of carbonyl (C=O) groups excluding carboxylic acids is 1. The van der Waals surface area contributed by atoms with Crippen LogP contribution in [-0.2, 0) is 17.6 Å². The fraction of sp³-hybridized carbons (Fsp3) is 0.278. The predicted octanol–water partition coefficient (Wildman–Crippen LogP) is 2.79. The van der Waals surface area contributed by atoms with Gasteiger partial charge >= 0.3 is 0 Å². The number of aryl methyl sites for hydroxylation is 1. The van der Waals surface area contributed by atoms with Gasteiger partial charge in [0.25, 0.3) is 0 Å². The van der Waals surface area contributed by atoms with Crippen molar-refractivity contribution in [3.8, 4) is 0 Å². The minimum atomic E-state index is -0.544. The molecular weight excluding hydrogens is 262 g/mol. The Morgan fingerprint density at radius 1 is 1.24 bits per heavy atom. The van der Waals surface area contributed by atoms with Crippen LogP contribution < -0.4 is 4.90 Å². The van der Waals surface area contributed by atoms with E-state index in [0.717, 1.165) is 22.4 Å². The summed E-state index contributed by atoms with van der Waals surface area (Å²) in [6.07, 6.45) is 0.476. The molecule has 3 nitrogen and oxygen atoms in total. The highest BCUT2D eigenvalue weighted by Gasteiger charge is 2.24. The van der Waals surface area contributed by atoms with Crippen LogP contribution in [-0.4, -0.2) is 18.1 Å². The minimum absolute atomic E-state index is 0.107. The van der Waals surface area contributed by atoms with E-state index in [1.807, 2.05) is 36.4 Å². The Morgan fingerprint density at radius 3 is 2.76 bits per heavy atom. The molecule has 0 spiro atoms. The van der Waals surface area contributed by atoms with Gasteiger partial charge in [-0.15, -0.1) is 0 Å². The van der Waals surface area contributed by atoms with E-state index in [-0.39, 0.29) is 5.91 Å². The molecule has 1 amide bonds. The number of rotatable bonds is 3. The lowest BCUT2D eigenvalue weighted by molar-refractivity contribution is -0.117. The first-order valence-corrected chi connectivity index (χ1v) is 7.18. The first-order chi connectivity index (χ1) is 10.1. The number of aliphatic hydroxyl groups is 1. The summed E-state index contributed by atoms with van der Waals surface area (Å²) in [6.45, 7) is 2.05. The van der Waals surface area contributed by atoms with Crippen molar-refractivity contribution >= 4 is 11.6 Å². The van der Waals surface area contributed by atoms with Gasteiger partial charge < -0.3 is 10.0 Å². The highest BCUT2D eigenvalue weighted by Crippen LogP contribution is 2.31. The van der Waals surface area contributed by atoms with Gasteiger partial charge in [-0.25, -0.2) is 0 Å². The summed E-state index contributed by atoms with van der Waals surface area (Å²) < 4.78 is 0. The third-order valence-corrected chi connectivity index (χ3v) is 4.24. The minimum Gasteiger partial charge on any atom is -0.388 e. The van der Waals surface area contributed by atoms with Gasteiger partial charge in [0.15, 0.2) is 0 Å². The molecule has 0 radical (unpaired) electrons. The van der Waals surface area contributed by atoms with Crippen LogP contribution in [0.25, 0.3) is 0 Å². The van der Waals surface area contributed by atoms with Crippen molar-refractivity contribution in [2.24, 2.45) is 0 Å². The quantitative estimate of drug-likeness (QED) is 0.940. The van der Waals surface area contributed by atoms with Gasteiger partial charge in [0.1, 0.15) is 0 Å². The van der Waals surface area contributed by atoms with Crippen LogP contribution in [0.1, 0.15) is 28.4 Å². The van der Waals surface area contributed by atoms with E-state index in [0.29, 0.717) is 12.8 Å². The molecule has 0 bridgehead atoms. The second-order valence-corrected chi connectivity index (χ2v) is 5.66. The Bertz CT molecular complexity index is 693. The number of aliphatic hydroxyl groups excluding tert-OH is 1. The molecule has 1 N–H and O–H groups in total. The maximum Gasteiger partial charge on any atom is 0.231 e. The first-order valence-electron chi connectivity index (χ1n) is 7.18. The van der Waals surface area contributed by atoms with E-state index in [2.05, 4.69) is 13.0 Å². The van der Waals surface area contributed by atoms with Gasteiger partial charge in [-0.3, -0.25) is 4.79 Å². The van der Waals surface area contributed by atoms with Gasteiger partial charge in [0.05, 0.1) is 12.5 Å². The molecule has 1 unspecified atom stereocenters. The molecule has 2 aromatic carbocycles. The maximum atomic E-state index is 11.7. The van der Waals surface area contributed by atoms with Crippen molar-refractivity contribution in [2.45, 2.75) is 25.9 Å². The van der Waals surface area contributed by atoms with E-state index >= 15 is 0 Å². The number of amides is 1. The van der Waals surface area contributed by atoms with Crippen molar-refractivity contribution < 1.29 is 9.90 Å². The van der Waals surface area contributed by atoms with Crippen LogP contribution in [0.4, 0.5) is 5.69 Å². The maximum absolute atomic E-state index is 11.7. The van der Waals surface area contributed by atoms with Crippen molar-refractivity contribution in [2.75, 3.05) is 11.9 Å². The Kier molecular flexibility index (Phi) is 3.52. The van der Waals surface area contributed by atoms with Gasteiger partial charge in [-0.05, 0) is 35.2 Å². The molecule has 1 atom stereocenters. The second kappa shape index (κ2) is 5.34. The second-order valence-electron chi connectivity index (χ2n) is 5.66. The number of anilines is 1. The molecule has 0 saturated carbocycles. The van der Waals surface area contributed by atoms with Crippen LogP contribution in [0, 0.1) is 6.92 Å². The number of hydrogen-bond acceptors (Lipinski definition) is 2. The summed E-state index contributed by atoms with van der Waals surface area (Å²) in [7, 11) is 1.79. The Balaban J connectivity index is 1.84. The average Bonchev–Trinajstić information content (AvgIpc) is 2.76. The molecule has 2 aromatic rings. The summed E-state index contributed by atoms with van der Waals surface area (Å²) >= 11 is 0. The molecular formula is C18H19NO2. The lowest BCUT2D eigenvalue weighted by Crippen LogP contribution is -2.20. The van der Waals surface area contributed by atoms with E-state index in [4.69, 9.17) is 0 Å². The van der Waals surface area contributed by atoms with Gasteiger partial charge in [-0.1, -0.05) is 36.4 Å². The van der Waals surface area contributed by atoms with E-state index in [9.17, 15) is 9.90 Å². The number of hydrogen-bond donors (Lipinski definition) is 1. The third kappa shape index (κ3) is 2.57. The van der Waals surface area contributed by atoms with Gasteiger partial charge in [-0.2, -0.15) is 0 Å². The summed E-state index contributed by atoms with van der Waals surface area (Å²) in [5, 5.41) is 10.5. The molecule has 21 heavy (non-hydrogen) atoms. The Morgan fingerprint density at radius 2 is 2.00 bits per heavy atom. The molecule has 1 aliphatic heterocycles. The number of benzene rings is 2. The number of nitrogens with zero attached hydrogens (tertiary/aromatic N) is 1. The zero-order valence-corrected chi connectivity index (χ0v) is 12.3. The van der Waals surface area contributed by atoms with Gasteiger partial charge in [0, 0.05) is 19.2 Å². The van der Waals surface area contributed by atoms with Gasteiger partial charge in [0.2, 0.25) is 5.91 Å². The third-order valence-electron chi connectivity index (χ3n) is 4.24. The number of carbonyl (C=O) groups is 1. The fourth-order valence-electron chi connectivity index (χ4n) is 2.86. The monoisotopic (exact) mass is 281 g/mol. The Hall–Kier alpha value is -2.13. The summed E-state index contributed by atoms with van der Waals surface area (Å²) in [4.78, 5) is 13.4. The highest BCUT2D eigenvalue weighted by atomic mass is 16.3. The molecule has 1 aliphatic rings. The van der Waals surface area contributed by atoms with Crippen LogP contribution in [0.3, 0.4) is 0 Å². The van der Waals surface area contributed by atoms with Crippen LogP contribution in [0.5, 0.6) is 0 Å². The van der Waals surface area contributed by atoms with E-state index in [1.165, 1.54) is 5.56 Å². The number of fused-ring (bicyclic) bond motifs is 1.